The highest BCUT2D eigenvalue weighted by molar-refractivity contribution is 5.87. The Bertz CT molecular complexity index is 501. The Hall–Kier alpha value is -2.41. The zero-order valence-electron chi connectivity index (χ0n) is 11.5. The van der Waals surface area contributed by atoms with Crippen LogP contribution in [0.5, 0.6) is 0 Å². The maximum Gasteiger partial charge on any atom is 0.326 e. The van der Waals surface area contributed by atoms with Crippen LogP contribution in [0.15, 0.2) is 30.3 Å². The highest BCUT2D eigenvalue weighted by atomic mass is 16.5. The summed E-state index contributed by atoms with van der Waals surface area (Å²) in [6.45, 7) is 0. The fourth-order valence-corrected chi connectivity index (χ4v) is 1.66. The molecule has 0 saturated heterocycles. The summed E-state index contributed by atoms with van der Waals surface area (Å²) >= 11 is 0. The molecular weight excluding hydrogens is 278 g/mol. The molecule has 2 atom stereocenters. The van der Waals surface area contributed by atoms with Crippen LogP contribution in [0.4, 0.5) is 0 Å². The molecule has 0 aliphatic rings. The highest BCUT2D eigenvalue weighted by Gasteiger charge is 2.25. The first kappa shape index (κ1) is 16.6. The minimum absolute atomic E-state index is 0.116. The predicted molar refractivity (Wildman–Crippen MR) is 72.2 cm³/mol. The van der Waals surface area contributed by atoms with Crippen LogP contribution in [0.2, 0.25) is 0 Å². The van der Waals surface area contributed by atoms with E-state index in [9.17, 15) is 19.5 Å². The fourth-order valence-electron chi connectivity index (χ4n) is 1.66. The molecule has 7 heteroatoms. The normalized spacial score (nSPS) is 13.0. The van der Waals surface area contributed by atoms with Crippen LogP contribution in [0.1, 0.15) is 24.5 Å². The van der Waals surface area contributed by atoms with Gasteiger partial charge in [0.25, 0.3) is 5.91 Å². The predicted octanol–water partition coefficient (Wildman–Crippen LogP) is 0.243. The molecule has 0 radical (unpaired) electrons. The van der Waals surface area contributed by atoms with E-state index in [4.69, 9.17) is 5.11 Å². The van der Waals surface area contributed by atoms with Gasteiger partial charge in [-0.05, 0) is 12.0 Å². The monoisotopic (exact) mass is 295 g/mol. The van der Waals surface area contributed by atoms with E-state index in [1.165, 1.54) is 7.11 Å². The molecule has 1 rings (SSSR count). The van der Waals surface area contributed by atoms with Crippen molar-refractivity contribution >= 4 is 17.8 Å². The lowest BCUT2D eigenvalue weighted by atomic mass is 10.1. The molecule has 1 aromatic rings. The van der Waals surface area contributed by atoms with Gasteiger partial charge in [-0.3, -0.25) is 9.59 Å². The van der Waals surface area contributed by atoms with E-state index in [2.05, 4.69) is 10.1 Å². The van der Waals surface area contributed by atoms with Crippen molar-refractivity contribution in [2.75, 3.05) is 7.11 Å². The molecule has 0 spiro atoms. The molecule has 114 valence electrons. The number of rotatable bonds is 7. The van der Waals surface area contributed by atoms with Gasteiger partial charge >= 0.3 is 11.9 Å². The molecule has 1 aromatic carbocycles. The quantitative estimate of drug-likeness (QED) is 0.621. The molecule has 0 aliphatic heterocycles. The number of esters is 1. The van der Waals surface area contributed by atoms with E-state index < -0.39 is 30.0 Å². The second kappa shape index (κ2) is 8.01. The molecule has 0 fully saturated rings. The van der Waals surface area contributed by atoms with Crippen LogP contribution in [-0.2, 0) is 19.1 Å². The lowest BCUT2D eigenvalue weighted by Gasteiger charge is -2.17. The Labute approximate surface area is 121 Å². The number of carboxylic acid groups (broad SMARTS) is 1. The molecule has 3 N–H and O–H groups in total. The van der Waals surface area contributed by atoms with Crippen LogP contribution in [0.25, 0.3) is 0 Å². The summed E-state index contributed by atoms with van der Waals surface area (Å²) < 4.78 is 4.41. The van der Waals surface area contributed by atoms with Crippen LogP contribution < -0.4 is 5.32 Å². The number of aliphatic hydroxyl groups is 1. The van der Waals surface area contributed by atoms with Crippen LogP contribution >= 0.6 is 0 Å². The van der Waals surface area contributed by atoms with Crippen LogP contribution in [0, 0.1) is 0 Å². The van der Waals surface area contributed by atoms with Crippen molar-refractivity contribution in [3.05, 3.63) is 35.9 Å². The van der Waals surface area contributed by atoms with Gasteiger partial charge in [0.15, 0.2) is 6.10 Å². The Balaban J connectivity index is 2.64. The van der Waals surface area contributed by atoms with Gasteiger partial charge in [-0.15, -0.1) is 0 Å². The number of methoxy groups -OCH3 is 1. The van der Waals surface area contributed by atoms with Crippen molar-refractivity contribution in [2.24, 2.45) is 0 Å². The van der Waals surface area contributed by atoms with Gasteiger partial charge in [0.2, 0.25) is 0 Å². The average Bonchev–Trinajstić information content (AvgIpc) is 2.50. The summed E-state index contributed by atoms with van der Waals surface area (Å²) in [6, 6.07) is 6.86. The molecule has 0 saturated carbocycles. The second-order valence-corrected chi connectivity index (χ2v) is 4.33. The van der Waals surface area contributed by atoms with Gasteiger partial charge in [0, 0.05) is 6.42 Å². The van der Waals surface area contributed by atoms with Gasteiger partial charge in [0.1, 0.15) is 6.04 Å². The Morgan fingerprint density at radius 3 is 2.38 bits per heavy atom. The minimum atomic E-state index is -1.47. The average molecular weight is 295 g/mol. The fraction of sp³-hybridized carbons (Fsp3) is 0.357. The zero-order chi connectivity index (χ0) is 15.8. The number of ether oxygens (including phenoxy) is 1. The molecule has 0 bridgehead atoms. The molecule has 0 aromatic heterocycles. The molecule has 21 heavy (non-hydrogen) atoms. The molecule has 7 nitrogen and oxygen atoms in total. The van der Waals surface area contributed by atoms with Crippen LogP contribution in [-0.4, -0.2) is 41.2 Å². The number of carboxylic acids is 1. The maximum absolute atomic E-state index is 11.8. The molecule has 1 amide bonds. The number of hydrogen-bond donors (Lipinski definition) is 3. The number of benzene rings is 1. The summed E-state index contributed by atoms with van der Waals surface area (Å²) in [6.07, 6.45) is -1.73. The minimum Gasteiger partial charge on any atom is -0.480 e. The summed E-state index contributed by atoms with van der Waals surface area (Å²) in [7, 11) is 1.19. The Morgan fingerprint density at radius 1 is 1.24 bits per heavy atom. The maximum atomic E-state index is 11.8. The number of nitrogens with one attached hydrogen (secondary N) is 1. The second-order valence-electron chi connectivity index (χ2n) is 4.33. The number of carbonyl (C=O) groups excluding carboxylic acids is 2. The van der Waals surface area contributed by atoms with Gasteiger partial charge in [-0.2, -0.15) is 0 Å². The van der Waals surface area contributed by atoms with E-state index in [1.807, 2.05) is 0 Å². The number of amides is 1. The third kappa shape index (κ3) is 5.23. The van der Waals surface area contributed by atoms with Gasteiger partial charge < -0.3 is 20.3 Å². The first-order valence-electron chi connectivity index (χ1n) is 6.28. The summed E-state index contributed by atoms with van der Waals surface area (Å²) in [5, 5.41) is 21.1. The lowest BCUT2D eigenvalue weighted by Crippen LogP contribution is -2.43. The third-order valence-corrected chi connectivity index (χ3v) is 2.84. The van der Waals surface area contributed by atoms with Gasteiger partial charge in [-0.1, -0.05) is 30.3 Å². The Kier molecular flexibility index (Phi) is 6.35. The van der Waals surface area contributed by atoms with Crippen molar-refractivity contribution in [1.29, 1.82) is 0 Å². The van der Waals surface area contributed by atoms with E-state index >= 15 is 0 Å². The van der Waals surface area contributed by atoms with Crippen LogP contribution in [0.3, 0.4) is 0 Å². The smallest absolute Gasteiger partial charge is 0.326 e. The number of aliphatic hydroxyl groups excluding tert-OH is 1. The number of aliphatic carboxylic acids is 1. The van der Waals surface area contributed by atoms with E-state index in [0.717, 1.165) is 0 Å². The molecule has 0 heterocycles. The number of hydrogen-bond acceptors (Lipinski definition) is 5. The SMILES string of the molecule is COC(=O)CC[C@@H](NC(=O)C(O)c1ccccc1)C(=O)O. The summed E-state index contributed by atoms with van der Waals surface area (Å²) in [4.78, 5) is 33.9. The van der Waals surface area contributed by atoms with Crippen molar-refractivity contribution in [1.82, 2.24) is 5.32 Å². The molecular formula is C14H17NO6. The zero-order valence-corrected chi connectivity index (χ0v) is 11.5. The largest absolute Gasteiger partial charge is 0.480 e. The summed E-state index contributed by atoms with van der Waals surface area (Å²) in [5.74, 6) is -2.69. The Morgan fingerprint density at radius 2 is 1.86 bits per heavy atom. The van der Waals surface area contributed by atoms with Crippen molar-refractivity contribution in [3.63, 3.8) is 0 Å². The standard InChI is InChI=1S/C14H17NO6/c1-21-11(16)8-7-10(14(19)20)15-13(18)12(17)9-5-3-2-4-6-9/h2-6,10,12,17H,7-8H2,1H3,(H,15,18)(H,19,20)/t10-,12?/m1/s1. The van der Waals surface area contributed by atoms with Gasteiger partial charge in [0.05, 0.1) is 7.11 Å². The van der Waals surface area contributed by atoms with E-state index in [0.29, 0.717) is 5.56 Å². The highest BCUT2D eigenvalue weighted by Crippen LogP contribution is 2.12. The first-order chi connectivity index (χ1) is 9.95. The third-order valence-electron chi connectivity index (χ3n) is 2.84. The van der Waals surface area contributed by atoms with Gasteiger partial charge in [-0.25, -0.2) is 4.79 Å². The van der Waals surface area contributed by atoms with Crippen molar-refractivity contribution < 1.29 is 29.3 Å². The van der Waals surface area contributed by atoms with Crippen molar-refractivity contribution in [3.8, 4) is 0 Å². The van der Waals surface area contributed by atoms with E-state index in [-0.39, 0.29) is 12.8 Å². The lowest BCUT2D eigenvalue weighted by molar-refractivity contribution is -0.145. The number of carbonyl (C=O) groups is 3. The topological polar surface area (TPSA) is 113 Å². The first-order valence-corrected chi connectivity index (χ1v) is 6.28. The molecule has 0 aliphatic carbocycles. The molecule has 1 unspecified atom stereocenters. The van der Waals surface area contributed by atoms with Crippen molar-refractivity contribution in [2.45, 2.75) is 25.0 Å². The summed E-state index contributed by atoms with van der Waals surface area (Å²) in [5.41, 5.74) is 0.354. The van der Waals surface area contributed by atoms with E-state index in [1.54, 1.807) is 30.3 Å².